The van der Waals surface area contributed by atoms with Gasteiger partial charge in [-0.1, -0.05) is 0 Å². The third-order valence-corrected chi connectivity index (χ3v) is 3.08. The number of imidazole rings is 1. The molecule has 2 N–H and O–H groups in total. The Bertz CT molecular complexity index is 498. The third kappa shape index (κ3) is 1.53. The smallest absolute Gasteiger partial charge is 0.203 e. The van der Waals surface area contributed by atoms with Crippen molar-refractivity contribution in [2.45, 2.75) is 12.5 Å². The van der Waals surface area contributed by atoms with Gasteiger partial charge in [-0.3, -0.25) is 4.98 Å². The molecule has 2 aromatic rings. The number of aryl methyl sites for hydroxylation is 1. The lowest BCUT2D eigenvalue weighted by Crippen LogP contribution is -2.23. The first-order valence-electron chi connectivity index (χ1n) is 5.58. The van der Waals surface area contributed by atoms with Gasteiger partial charge in [0.05, 0.1) is 17.2 Å². The van der Waals surface area contributed by atoms with Crippen LogP contribution in [0.5, 0.6) is 0 Å². The molecule has 1 saturated heterocycles. The average Bonchev–Trinajstić information content (AvgIpc) is 2.90. The number of pyridine rings is 1. The minimum atomic E-state index is 0.489. The molecule has 0 amide bonds. The number of hydrogen-bond acceptors (Lipinski definition) is 4. The molecule has 1 atom stereocenters. The topological polar surface area (TPSA) is 54.8 Å². The zero-order chi connectivity index (χ0) is 11.0. The van der Waals surface area contributed by atoms with E-state index in [-0.39, 0.29) is 0 Å². The summed E-state index contributed by atoms with van der Waals surface area (Å²) < 4.78 is 2.06. The number of nitrogens with one attached hydrogen (secondary N) is 2. The zero-order valence-corrected chi connectivity index (χ0v) is 9.27. The molecule has 0 bridgehead atoms. The molecule has 0 radical (unpaired) electrons. The highest BCUT2D eigenvalue weighted by molar-refractivity contribution is 5.77. The zero-order valence-electron chi connectivity index (χ0n) is 9.27. The summed E-state index contributed by atoms with van der Waals surface area (Å²) >= 11 is 0. The predicted molar refractivity (Wildman–Crippen MR) is 63.4 cm³/mol. The summed E-state index contributed by atoms with van der Waals surface area (Å²) in [5.74, 6) is 0.928. The van der Waals surface area contributed by atoms with Gasteiger partial charge in [-0.25, -0.2) is 4.98 Å². The predicted octanol–water partition coefficient (Wildman–Crippen LogP) is 0.742. The number of aromatic nitrogens is 3. The van der Waals surface area contributed by atoms with Crippen molar-refractivity contribution in [1.82, 2.24) is 19.9 Å². The maximum Gasteiger partial charge on any atom is 0.203 e. The summed E-state index contributed by atoms with van der Waals surface area (Å²) in [6, 6.07) is 2.43. The van der Waals surface area contributed by atoms with Gasteiger partial charge in [-0.15, -0.1) is 0 Å². The highest BCUT2D eigenvalue weighted by Gasteiger charge is 2.16. The standard InChI is InChI=1S/C11H15N5/c1-16-10-7-13-5-3-9(10)15-11(16)14-8-2-4-12-6-8/h3,5,7-8,12H,2,4,6H2,1H3,(H,14,15). The van der Waals surface area contributed by atoms with Gasteiger partial charge in [0, 0.05) is 25.8 Å². The highest BCUT2D eigenvalue weighted by atomic mass is 15.2. The Kier molecular flexibility index (Phi) is 2.25. The van der Waals surface area contributed by atoms with Crippen LogP contribution < -0.4 is 10.6 Å². The SMILES string of the molecule is Cn1c(NC2CCNC2)nc2ccncc21. The van der Waals surface area contributed by atoms with E-state index in [1.165, 1.54) is 0 Å². The first-order valence-corrected chi connectivity index (χ1v) is 5.58. The summed E-state index contributed by atoms with van der Waals surface area (Å²) in [6.45, 7) is 2.10. The molecule has 2 aromatic heterocycles. The van der Waals surface area contributed by atoms with Crippen LogP contribution in [-0.4, -0.2) is 33.7 Å². The minimum Gasteiger partial charge on any atom is -0.352 e. The Balaban J connectivity index is 1.94. The van der Waals surface area contributed by atoms with Crippen molar-refractivity contribution >= 4 is 17.0 Å². The van der Waals surface area contributed by atoms with Crippen LogP contribution in [0.25, 0.3) is 11.0 Å². The average molecular weight is 217 g/mol. The molecule has 0 saturated carbocycles. The molecule has 1 aliphatic heterocycles. The quantitative estimate of drug-likeness (QED) is 0.779. The normalized spacial score (nSPS) is 20.4. The summed E-state index contributed by atoms with van der Waals surface area (Å²) in [5.41, 5.74) is 2.06. The van der Waals surface area contributed by atoms with Crippen LogP contribution in [0.2, 0.25) is 0 Å². The molecule has 0 aliphatic carbocycles. The van der Waals surface area contributed by atoms with Gasteiger partial charge < -0.3 is 15.2 Å². The summed E-state index contributed by atoms with van der Waals surface area (Å²) in [5, 5.41) is 6.79. The fraction of sp³-hybridized carbons (Fsp3) is 0.455. The Labute approximate surface area is 93.9 Å². The number of rotatable bonds is 2. The Hall–Kier alpha value is -1.62. The molecule has 1 unspecified atom stereocenters. The number of fused-ring (bicyclic) bond motifs is 1. The molecule has 1 aliphatic rings. The van der Waals surface area contributed by atoms with Gasteiger partial charge in [0.1, 0.15) is 0 Å². The van der Waals surface area contributed by atoms with E-state index in [4.69, 9.17) is 0 Å². The lowest BCUT2D eigenvalue weighted by atomic mass is 10.3. The van der Waals surface area contributed by atoms with Crippen LogP contribution in [0.15, 0.2) is 18.5 Å². The molecule has 1 fully saturated rings. The maximum absolute atomic E-state index is 4.56. The van der Waals surface area contributed by atoms with Crippen molar-refractivity contribution in [3.8, 4) is 0 Å². The number of nitrogens with zero attached hydrogens (tertiary/aromatic N) is 3. The van der Waals surface area contributed by atoms with E-state index < -0.39 is 0 Å². The maximum atomic E-state index is 4.56. The Morgan fingerprint density at radius 2 is 2.50 bits per heavy atom. The third-order valence-electron chi connectivity index (χ3n) is 3.08. The van der Waals surface area contributed by atoms with Crippen LogP contribution >= 0.6 is 0 Å². The Morgan fingerprint density at radius 3 is 3.25 bits per heavy atom. The summed E-state index contributed by atoms with van der Waals surface area (Å²) in [7, 11) is 2.02. The second kappa shape index (κ2) is 3.75. The molecular formula is C11H15N5. The van der Waals surface area contributed by atoms with Crippen LogP contribution in [0, 0.1) is 0 Å². The van der Waals surface area contributed by atoms with Crippen LogP contribution in [-0.2, 0) is 7.05 Å². The largest absolute Gasteiger partial charge is 0.352 e. The van der Waals surface area contributed by atoms with Crippen molar-refractivity contribution in [2.75, 3.05) is 18.4 Å². The first kappa shape index (κ1) is 9.59. The van der Waals surface area contributed by atoms with Crippen LogP contribution in [0.3, 0.4) is 0 Å². The molecule has 3 rings (SSSR count). The van der Waals surface area contributed by atoms with Crippen LogP contribution in [0.1, 0.15) is 6.42 Å². The molecule has 3 heterocycles. The number of anilines is 1. The van der Waals surface area contributed by atoms with Gasteiger partial charge in [-0.2, -0.15) is 0 Å². The molecular weight excluding hydrogens is 202 g/mol. The van der Waals surface area contributed by atoms with Crippen molar-refractivity contribution in [3.63, 3.8) is 0 Å². The van der Waals surface area contributed by atoms with Crippen LogP contribution in [0.4, 0.5) is 5.95 Å². The van der Waals surface area contributed by atoms with E-state index in [1.54, 1.807) is 6.20 Å². The molecule has 84 valence electrons. The van der Waals surface area contributed by atoms with E-state index in [9.17, 15) is 0 Å². The fourth-order valence-corrected chi connectivity index (χ4v) is 2.12. The number of hydrogen-bond donors (Lipinski definition) is 2. The van der Waals surface area contributed by atoms with E-state index in [1.807, 2.05) is 19.3 Å². The molecule has 5 nitrogen and oxygen atoms in total. The van der Waals surface area contributed by atoms with Gasteiger partial charge >= 0.3 is 0 Å². The van der Waals surface area contributed by atoms with Gasteiger partial charge in [-0.05, 0) is 19.0 Å². The molecule has 0 spiro atoms. The van der Waals surface area contributed by atoms with E-state index >= 15 is 0 Å². The van der Waals surface area contributed by atoms with Gasteiger partial charge in [0.25, 0.3) is 0 Å². The van der Waals surface area contributed by atoms with E-state index in [2.05, 4.69) is 25.2 Å². The summed E-state index contributed by atoms with van der Waals surface area (Å²) in [4.78, 5) is 8.68. The van der Waals surface area contributed by atoms with E-state index in [0.29, 0.717) is 6.04 Å². The van der Waals surface area contributed by atoms with Gasteiger partial charge in [0.15, 0.2) is 0 Å². The summed E-state index contributed by atoms with van der Waals surface area (Å²) in [6.07, 6.45) is 4.78. The molecule has 16 heavy (non-hydrogen) atoms. The van der Waals surface area contributed by atoms with Crippen molar-refractivity contribution < 1.29 is 0 Å². The monoisotopic (exact) mass is 217 g/mol. The lowest BCUT2D eigenvalue weighted by Gasteiger charge is -2.11. The van der Waals surface area contributed by atoms with Crippen molar-refractivity contribution in [1.29, 1.82) is 0 Å². The lowest BCUT2D eigenvalue weighted by molar-refractivity contribution is 0.768. The van der Waals surface area contributed by atoms with Crippen molar-refractivity contribution in [2.24, 2.45) is 7.05 Å². The van der Waals surface area contributed by atoms with Gasteiger partial charge in [0.2, 0.25) is 5.95 Å². The second-order valence-electron chi connectivity index (χ2n) is 4.19. The molecule has 0 aromatic carbocycles. The van der Waals surface area contributed by atoms with Crippen molar-refractivity contribution in [3.05, 3.63) is 18.5 Å². The molecule has 5 heteroatoms. The Morgan fingerprint density at radius 1 is 1.56 bits per heavy atom. The van der Waals surface area contributed by atoms with E-state index in [0.717, 1.165) is 36.5 Å². The first-order chi connectivity index (χ1) is 7.84. The fourth-order valence-electron chi connectivity index (χ4n) is 2.12. The highest BCUT2D eigenvalue weighted by Crippen LogP contribution is 2.18. The minimum absolute atomic E-state index is 0.489. The second-order valence-corrected chi connectivity index (χ2v) is 4.19.